The zero-order chi connectivity index (χ0) is 15.0. The van der Waals surface area contributed by atoms with Crippen molar-refractivity contribution in [2.45, 2.75) is 6.16 Å². The van der Waals surface area contributed by atoms with E-state index in [9.17, 15) is 4.57 Å². The molecule has 5 nitrogen and oxygen atoms in total. The van der Waals surface area contributed by atoms with Gasteiger partial charge in [-0.3, -0.25) is 0 Å². The number of hydrogen-bond acceptors (Lipinski definition) is 2. The normalized spacial score (nSPS) is 11.2. The van der Waals surface area contributed by atoms with Crippen molar-refractivity contribution in [1.82, 2.24) is 0 Å². The van der Waals surface area contributed by atoms with Crippen LogP contribution in [0.2, 0.25) is 0 Å². The number of hydrogen-bond donors (Lipinski definition) is 3. The van der Waals surface area contributed by atoms with Crippen molar-refractivity contribution in [1.29, 1.82) is 0 Å². The topological polar surface area (TPSA) is 94.8 Å². The fraction of sp³-hybridized carbons (Fsp3) is 0.0769. The average molecular weight is 313 g/mol. The van der Waals surface area contributed by atoms with Gasteiger partial charge in [0.05, 0.1) is 0 Å². The first-order chi connectivity index (χ1) is 9.36. The van der Waals surface area contributed by atoms with Crippen molar-refractivity contribution < 1.29 is 23.8 Å². The van der Waals surface area contributed by atoms with Crippen LogP contribution in [0.5, 0.6) is 0 Å². The van der Waals surface area contributed by atoms with Gasteiger partial charge in [0.15, 0.2) is 11.5 Å². The van der Waals surface area contributed by atoms with Crippen molar-refractivity contribution in [3.63, 3.8) is 0 Å². The van der Waals surface area contributed by atoms with Crippen molar-refractivity contribution in [2.24, 2.45) is 0 Å². The second kappa shape index (κ2) is 8.05. The molecule has 1 atom stereocenters. The first-order valence-corrected chi connectivity index (χ1v) is 8.69. The summed E-state index contributed by atoms with van der Waals surface area (Å²) in [5.41, 5.74) is 1.13. The van der Waals surface area contributed by atoms with Gasteiger partial charge in [0.25, 0.3) is 0 Å². The second-order valence-electron chi connectivity index (χ2n) is 3.87. The van der Waals surface area contributed by atoms with Crippen LogP contribution in [-0.2, 0) is 15.3 Å². The fourth-order valence-electron chi connectivity index (χ4n) is 1.43. The van der Waals surface area contributed by atoms with Gasteiger partial charge in [-0.1, -0.05) is 53.1 Å². The molecule has 20 heavy (non-hydrogen) atoms. The van der Waals surface area contributed by atoms with Gasteiger partial charge in [0, 0.05) is 5.56 Å². The molecule has 0 aliphatic carbocycles. The van der Waals surface area contributed by atoms with Crippen LogP contribution in [0.15, 0.2) is 60.7 Å². The van der Waals surface area contributed by atoms with Gasteiger partial charge in [-0.2, -0.15) is 0 Å². The molecule has 0 amide bonds. The maximum atomic E-state index is 12.0. The van der Waals surface area contributed by atoms with Crippen LogP contribution in [0, 0.1) is 0 Å². The summed E-state index contributed by atoms with van der Waals surface area (Å²) in [5, 5.41) is 0.927. The zero-order valence-corrected chi connectivity index (χ0v) is 12.3. The van der Waals surface area contributed by atoms with Gasteiger partial charge in [-0.05, 0) is 12.1 Å². The maximum Gasteiger partial charge on any atom is 0.466 e. The predicted octanol–water partition coefficient (Wildman–Crippen LogP) is 2.41. The van der Waals surface area contributed by atoms with E-state index in [4.69, 9.17) is 19.2 Å². The summed E-state index contributed by atoms with van der Waals surface area (Å²) < 4.78 is 20.8. The van der Waals surface area contributed by atoms with Crippen LogP contribution in [0.3, 0.4) is 0 Å². The molecule has 0 aliphatic heterocycles. The Morgan fingerprint density at radius 1 is 0.850 bits per heavy atom. The molecule has 0 saturated heterocycles. The smallest absolute Gasteiger partial charge is 0.303 e. The molecule has 0 spiro atoms. The van der Waals surface area contributed by atoms with Crippen molar-refractivity contribution in [2.75, 3.05) is 0 Å². The molecule has 106 valence electrons. The Bertz CT molecular complexity index is 572. The third-order valence-corrected chi connectivity index (χ3v) is 3.74. The van der Waals surface area contributed by atoms with Gasteiger partial charge in [0.1, 0.15) is 0 Å². The Balaban J connectivity index is 0.000000347. The lowest BCUT2D eigenvalue weighted by Gasteiger charge is -1.91. The van der Waals surface area contributed by atoms with E-state index < -0.39 is 15.6 Å². The summed E-state index contributed by atoms with van der Waals surface area (Å²) in [6.45, 7) is 0. The van der Waals surface area contributed by atoms with E-state index in [1.54, 1.807) is 0 Å². The minimum atomic E-state index is -4.64. The van der Waals surface area contributed by atoms with Crippen LogP contribution in [0.25, 0.3) is 0 Å². The Labute approximate surface area is 117 Å². The molecular weight excluding hydrogens is 298 g/mol. The second-order valence-corrected chi connectivity index (χ2v) is 6.49. The van der Waals surface area contributed by atoms with E-state index in [-0.39, 0.29) is 0 Å². The molecule has 0 saturated carbocycles. The van der Waals surface area contributed by atoms with E-state index in [1.165, 1.54) is 0 Å². The summed E-state index contributed by atoms with van der Waals surface area (Å²) in [6.07, 6.45) is 0.625. The van der Waals surface area contributed by atoms with Gasteiger partial charge < -0.3 is 14.7 Å². The van der Waals surface area contributed by atoms with E-state index in [0.717, 1.165) is 10.9 Å². The lowest BCUT2D eigenvalue weighted by atomic mass is 10.2. The van der Waals surface area contributed by atoms with E-state index in [0.29, 0.717) is 6.16 Å². The Kier molecular flexibility index (Phi) is 6.73. The molecule has 7 heteroatoms. The summed E-state index contributed by atoms with van der Waals surface area (Å²) in [5.74, 6) is 0. The molecule has 0 aliphatic rings. The lowest BCUT2D eigenvalue weighted by molar-refractivity contribution is 0.275. The number of phosphoric acid groups is 1. The first-order valence-electron chi connectivity index (χ1n) is 5.68. The van der Waals surface area contributed by atoms with Crippen molar-refractivity contribution in [3.05, 3.63) is 66.2 Å². The van der Waals surface area contributed by atoms with E-state index in [2.05, 4.69) is 0 Å². The van der Waals surface area contributed by atoms with Crippen molar-refractivity contribution in [3.8, 4) is 0 Å². The first kappa shape index (κ1) is 16.7. The monoisotopic (exact) mass is 313 g/mol. The summed E-state index contributed by atoms with van der Waals surface area (Å²) in [7, 11) is -5.94. The van der Waals surface area contributed by atoms with E-state index in [1.807, 2.05) is 60.7 Å². The summed E-state index contributed by atoms with van der Waals surface area (Å²) in [6, 6.07) is 19.6. The summed E-state index contributed by atoms with van der Waals surface area (Å²) >= 11 is 0. The Morgan fingerprint density at radius 2 is 1.25 bits per heavy atom. The van der Waals surface area contributed by atoms with Gasteiger partial charge in [0.2, 0.25) is 0 Å². The average Bonchev–Trinajstić information content (AvgIpc) is 2.39. The van der Waals surface area contributed by atoms with Crippen LogP contribution < -0.4 is 5.30 Å². The highest BCUT2D eigenvalue weighted by Gasteiger charge is 2.18. The van der Waals surface area contributed by atoms with Crippen LogP contribution in [0.4, 0.5) is 0 Å². The van der Waals surface area contributed by atoms with Gasteiger partial charge >= 0.3 is 15.6 Å². The fourth-order valence-corrected chi connectivity index (χ4v) is 2.66. The maximum absolute atomic E-state index is 12.0. The molecular formula is C13H15O5P2+. The summed E-state index contributed by atoms with van der Waals surface area (Å²) in [4.78, 5) is 21.6. The standard InChI is InChI=1S/C13H12OP.H3O4P/c14-15(13-9-5-2-6-10-13)11-12-7-3-1-4-8-12;1-5(2,3)4/h1-10H,11H2;(H3,1,2,3,4)/q+1;. The quantitative estimate of drug-likeness (QED) is 0.756. The largest absolute Gasteiger partial charge is 0.466 e. The SMILES string of the molecule is O=P(O)(O)O.O=[P+](Cc1ccccc1)c1ccccc1. The molecule has 0 radical (unpaired) electrons. The molecule has 3 N–H and O–H groups in total. The molecule has 0 bridgehead atoms. The molecule has 1 unspecified atom stereocenters. The number of benzene rings is 2. The molecule has 2 rings (SSSR count). The van der Waals surface area contributed by atoms with E-state index >= 15 is 0 Å². The van der Waals surface area contributed by atoms with Gasteiger partial charge in [-0.15, -0.1) is 0 Å². The highest BCUT2D eigenvalue weighted by molar-refractivity contribution is 7.52. The molecule has 0 fully saturated rings. The van der Waals surface area contributed by atoms with Crippen LogP contribution >= 0.6 is 15.6 Å². The highest BCUT2D eigenvalue weighted by Crippen LogP contribution is 2.26. The van der Waals surface area contributed by atoms with Crippen LogP contribution in [0.1, 0.15) is 5.56 Å². The van der Waals surface area contributed by atoms with Crippen LogP contribution in [-0.4, -0.2) is 14.7 Å². The number of rotatable bonds is 3. The lowest BCUT2D eigenvalue weighted by Crippen LogP contribution is -1.95. The Hall–Kier alpha value is -1.35. The molecule has 2 aromatic carbocycles. The molecule has 2 aromatic rings. The Morgan fingerprint density at radius 3 is 1.70 bits per heavy atom. The minimum Gasteiger partial charge on any atom is -0.303 e. The van der Waals surface area contributed by atoms with Gasteiger partial charge in [-0.25, -0.2) is 4.57 Å². The predicted molar refractivity (Wildman–Crippen MR) is 78.1 cm³/mol. The molecule has 0 aromatic heterocycles. The third kappa shape index (κ3) is 7.95. The van der Waals surface area contributed by atoms with Crippen molar-refractivity contribution >= 4 is 20.9 Å². The zero-order valence-electron chi connectivity index (χ0n) is 10.5. The minimum absolute atomic E-state index is 0.625. The third-order valence-electron chi connectivity index (χ3n) is 2.21. The highest BCUT2D eigenvalue weighted by atomic mass is 31.2. The molecule has 0 heterocycles.